The number of aromatic nitrogens is 1. The van der Waals surface area contributed by atoms with Gasteiger partial charge in [0.05, 0.1) is 21.4 Å². The summed E-state index contributed by atoms with van der Waals surface area (Å²) in [7, 11) is 0. The van der Waals surface area contributed by atoms with E-state index in [9.17, 15) is 4.79 Å². The lowest BCUT2D eigenvalue weighted by molar-refractivity contribution is -0.116. The number of carbonyl (C=O) groups excluding carboxylic acids is 1. The van der Waals surface area contributed by atoms with Crippen LogP contribution in [0.3, 0.4) is 0 Å². The zero-order chi connectivity index (χ0) is 14.7. The number of thiazole rings is 1. The fourth-order valence-electron chi connectivity index (χ4n) is 1.54. The van der Waals surface area contributed by atoms with E-state index in [2.05, 4.69) is 15.6 Å². The van der Waals surface area contributed by atoms with Gasteiger partial charge in [-0.25, -0.2) is 4.98 Å². The second-order valence-corrected chi connectivity index (χ2v) is 5.89. The van der Waals surface area contributed by atoms with Gasteiger partial charge in [-0.3, -0.25) is 4.79 Å². The molecule has 7 heteroatoms. The zero-order valence-electron chi connectivity index (χ0n) is 10.9. The van der Waals surface area contributed by atoms with Crippen LogP contribution in [-0.2, 0) is 4.79 Å². The van der Waals surface area contributed by atoms with Crippen LogP contribution >= 0.6 is 34.5 Å². The van der Waals surface area contributed by atoms with Crippen molar-refractivity contribution in [3.05, 3.63) is 39.3 Å². The van der Waals surface area contributed by atoms with E-state index in [1.165, 1.54) is 11.3 Å². The molecule has 1 amide bonds. The van der Waals surface area contributed by atoms with E-state index >= 15 is 0 Å². The Morgan fingerprint density at radius 1 is 1.40 bits per heavy atom. The van der Waals surface area contributed by atoms with Crippen molar-refractivity contribution < 1.29 is 4.79 Å². The molecule has 0 fully saturated rings. The van der Waals surface area contributed by atoms with Gasteiger partial charge in [-0.15, -0.1) is 11.3 Å². The van der Waals surface area contributed by atoms with Crippen molar-refractivity contribution in [3.63, 3.8) is 0 Å². The summed E-state index contributed by atoms with van der Waals surface area (Å²) in [5.74, 6) is -0.185. The summed E-state index contributed by atoms with van der Waals surface area (Å²) in [6, 6.07) is 4.77. The zero-order valence-corrected chi connectivity index (χ0v) is 13.2. The molecular formula is C13H13Cl2N3OS. The highest BCUT2D eigenvalue weighted by molar-refractivity contribution is 7.13. The van der Waals surface area contributed by atoms with Crippen LogP contribution in [0.1, 0.15) is 12.6 Å². The van der Waals surface area contributed by atoms with Crippen LogP contribution in [0.4, 0.5) is 10.8 Å². The van der Waals surface area contributed by atoms with Crippen molar-refractivity contribution >= 4 is 51.3 Å². The standard InChI is InChI=1S/C13H13Cl2N3OS/c1-7-6-20-13(16-7)18-12(19)8(2)17-10-5-3-4-9(14)11(10)15/h3-6,8,17H,1-2H3,(H,16,18,19)/t8-/m1/s1. The number of hydrogen-bond acceptors (Lipinski definition) is 4. The SMILES string of the molecule is Cc1csc(NC(=O)[C@@H](C)Nc2cccc(Cl)c2Cl)n1. The molecule has 1 aromatic heterocycles. The normalized spacial score (nSPS) is 12.0. The molecule has 1 atom stereocenters. The van der Waals surface area contributed by atoms with Gasteiger partial charge in [-0.1, -0.05) is 29.3 Å². The van der Waals surface area contributed by atoms with Gasteiger partial charge >= 0.3 is 0 Å². The molecule has 0 spiro atoms. The third-order valence-electron chi connectivity index (χ3n) is 2.57. The molecule has 0 aliphatic heterocycles. The number of carbonyl (C=O) groups is 1. The number of nitrogens with one attached hydrogen (secondary N) is 2. The van der Waals surface area contributed by atoms with Crippen molar-refractivity contribution in [2.45, 2.75) is 19.9 Å². The maximum absolute atomic E-state index is 12.0. The van der Waals surface area contributed by atoms with E-state index in [0.29, 0.717) is 20.9 Å². The van der Waals surface area contributed by atoms with Crippen LogP contribution in [0.15, 0.2) is 23.6 Å². The Morgan fingerprint density at radius 2 is 2.15 bits per heavy atom. The Bertz CT molecular complexity index is 630. The van der Waals surface area contributed by atoms with Crippen LogP contribution in [0.25, 0.3) is 0 Å². The molecule has 0 saturated carbocycles. The quantitative estimate of drug-likeness (QED) is 0.883. The third kappa shape index (κ3) is 3.62. The number of amides is 1. The molecule has 2 rings (SSSR count). The van der Waals surface area contributed by atoms with Crippen molar-refractivity contribution in [1.29, 1.82) is 0 Å². The van der Waals surface area contributed by atoms with Gasteiger partial charge in [0, 0.05) is 5.38 Å². The second kappa shape index (κ2) is 6.43. The van der Waals surface area contributed by atoms with Gasteiger partial charge in [-0.05, 0) is 26.0 Å². The van der Waals surface area contributed by atoms with E-state index < -0.39 is 6.04 Å². The van der Waals surface area contributed by atoms with Gasteiger partial charge in [0.2, 0.25) is 5.91 Å². The first-order valence-corrected chi connectivity index (χ1v) is 7.54. The average Bonchev–Trinajstić information content (AvgIpc) is 2.80. The molecule has 2 N–H and O–H groups in total. The summed E-state index contributed by atoms with van der Waals surface area (Å²) in [4.78, 5) is 16.2. The molecule has 1 aromatic carbocycles. The lowest BCUT2D eigenvalue weighted by Gasteiger charge is -2.15. The number of nitrogens with zero attached hydrogens (tertiary/aromatic N) is 1. The smallest absolute Gasteiger partial charge is 0.248 e. The van der Waals surface area contributed by atoms with E-state index in [4.69, 9.17) is 23.2 Å². The first-order valence-electron chi connectivity index (χ1n) is 5.91. The summed E-state index contributed by atoms with van der Waals surface area (Å²) in [5.41, 5.74) is 1.50. The molecule has 20 heavy (non-hydrogen) atoms. The van der Waals surface area contributed by atoms with E-state index in [-0.39, 0.29) is 5.91 Å². The fourth-order valence-corrected chi connectivity index (χ4v) is 2.59. The molecule has 2 aromatic rings. The minimum Gasteiger partial charge on any atom is -0.373 e. The summed E-state index contributed by atoms with van der Waals surface area (Å²) in [6.45, 7) is 3.62. The van der Waals surface area contributed by atoms with E-state index in [1.807, 2.05) is 12.3 Å². The first kappa shape index (κ1) is 15.1. The van der Waals surface area contributed by atoms with Gasteiger partial charge in [0.25, 0.3) is 0 Å². The Morgan fingerprint density at radius 3 is 2.80 bits per heavy atom. The molecule has 0 aliphatic rings. The fraction of sp³-hybridized carbons (Fsp3) is 0.231. The van der Waals surface area contributed by atoms with Crippen molar-refractivity contribution in [3.8, 4) is 0 Å². The largest absolute Gasteiger partial charge is 0.373 e. The molecule has 0 unspecified atom stereocenters. The predicted molar refractivity (Wildman–Crippen MR) is 85.0 cm³/mol. The molecule has 0 aliphatic carbocycles. The molecular weight excluding hydrogens is 317 g/mol. The maximum Gasteiger partial charge on any atom is 0.248 e. The van der Waals surface area contributed by atoms with Gasteiger partial charge in [-0.2, -0.15) is 0 Å². The maximum atomic E-state index is 12.0. The minimum absolute atomic E-state index is 0.185. The van der Waals surface area contributed by atoms with Crippen molar-refractivity contribution in [2.75, 3.05) is 10.6 Å². The molecule has 0 saturated heterocycles. The predicted octanol–water partition coefficient (Wildman–Crippen LogP) is 4.20. The lowest BCUT2D eigenvalue weighted by atomic mass is 10.2. The second-order valence-electron chi connectivity index (χ2n) is 4.25. The summed E-state index contributed by atoms with van der Waals surface area (Å²) < 4.78 is 0. The number of anilines is 2. The monoisotopic (exact) mass is 329 g/mol. The Balaban J connectivity index is 2.02. The van der Waals surface area contributed by atoms with Crippen LogP contribution < -0.4 is 10.6 Å². The van der Waals surface area contributed by atoms with Crippen molar-refractivity contribution in [2.24, 2.45) is 0 Å². The topological polar surface area (TPSA) is 54.0 Å². The lowest BCUT2D eigenvalue weighted by Crippen LogP contribution is -2.31. The highest BCUT2D eigenvalue weighted by Crippen LogP contribution is 2.30. The number of hydrogen-bond donors (Lipinski definition) is 2. The average molecular weight is 330 g/mol. The Kier molecular flexibility index (Phi) is 4.86. The number of halogens is 2. The van der Waals surface area contributed by atoms with Gasteiger partial charge < -0.3 is 10.6 Å². The van der Waals surface area contributed by atoms with Gasteiger partial charge in [0.1, 0.15) is 6.04 Å². The van der Waals surface area contributed by atoms with Crippen LogP contribution in [-0.4, -0.2) is 16.9 Å². The van der Waals surface area contributed by atoms with Crippen LogP contribution in [0, 0.1) is 6.92 Å². The summed E-state index contributed by atoms with van der Waals surface area (Å²) >= 11 is 13.4. The summed E-state index contributed by atoms with van der Waals surface area (Å²) in [5, 5.41) is 9.08. The highest BCUT2D eigenvalue weighted by Gasteiger charge is 2.16. The van der Waals surface area contributed by atoms with Crippen LogP contribution in [0.2, 0.25) is 10.0 Å². The molecule has 0 radical (unpaired) electrons. The van der Waals surface area contributed by atoms with E-state index in [0.717, 1.165) is 5.69 Å². The molecule has 0 bridgehead atoms. The third-order valence-corrected chi connectivity index (χ3v) is 4.26. The van der Waals surface area contributed by atoms with Crippen LogP contribution in [0.5, 0.6) is 0 Å². The molecule has 4 nitrogen and oxygen atoms in total. The number of rotatable bonds is 4. The van der Waals surface area contributed by atoms with Crippen molar-refractivity contribution in [1.82, 2.24) is 4.98 Å². The highest BCUT2D eigenvalue weighted by atomic mass is 35.5. The molecule has 1 heterocycles. The van der Waals surface area contributed by atoms with Gasteiger partial charge in [0.15, 0.2) is 5.13 Å². The Labute approximate surface area is 131 Å². The number of benzene rings is 1. The number of aryl methyl sites for hydroxylation is 1. The molecule has 106 valence electrons. The van der Waals surface area contributed by atoms with E-state index in [1.54, 1.807) is 25.1 Å². The Hall–Kier alpha value is -1.30. The first-order chi connectivity index (χ1) is 9.47. The summed E-state index contributed by atoms with van der Waals surface area (Å²) in [6.07, 6.45) is 0. The minimum atomic E-state index is -0.463.